The molecule has 0 fully saturated rings. The highest BCUT2D eigenvalue weighted by Gasteiger charge is 2.06. The van der Waals surface area contributed by atoms with Crippen molar-refractivity contribution in [2.75, 3.05) is 12.4 Å². The molecule has 0 saturated heterocycles. The van der Waals surface area contributed by atoms with Gasteiger partial charge in [0, 0.05) is 30.6 Å². The maximum Gasteiger partial charge on any atom is 0.206 e. The molecule has 3 rings (SSSR count). The van der Waals surface area contributed by atoms with Crippen LogP contribution in [0.1, 0.15) is 5.69 Å². The van der Waals surface area contributed by atoms with Crippen molar-refractivity contribution >= 4 is 44.5 Å². The SMILES string of the molecule is CNc1nnc(SCc2cn3ccsc3n2)s1. The molecule has 0 aliphatic carbocycles. The number of imidazole rings is 1. The summed E-state index contributed by atoms with van der Waals surface area (Å²) in [4.78, 5) is 5.55. The number of nitrogens with one attached hydrogen (secondary N) is 1. The second-order valence-corrected chi connectivity index (χ2v) is 6.31. The lowest BCUT2D eigenvalue weighted by Crippen LogP contribution is -1.84. The Morgan fingerprint density at radius 1 is 1.47 bits per heavy atom. The molecule has 3 heterocycles. The fraction of sp³-hybridized carbons (Fsp3) is 0.222. The first-order valence-electron chi connectivity index (χ1n) is 4.90. The Hall–Kier alpha value is -1.12. The molecule has 5 nitrogen and oxygen atoms in total. The molecule has 0 spiro atoms. The summed E-state index contributed by atoms with van der Waals surface area (Å²) in [5, 5.41) is 13.9. The molecular weight excluding hydrogens is 274 g/mol. The molecule has 3 aromatic rings. The van der Waals surface area contributed by atoms with Gasteiger partial charge in [-0.2, -0.15) is 0 Å². The molecule has 3 aromatic heterocycles. The van der Waals surface area contributed by atoms with Gasteiger partial charge in [0.25, 0.3) is 0 Å². The highest BCUT2D eigenvalue weighted by Crippen LogP contribution is 2.28. The van der Waals surface area contributed by atoms with Gasteiger partial charge >= 0.3 is 0 Å². The Morgan fingerprint density at radius 3 is 3.18 bits per heavy atom. The fourth-order valence-electron chi connectivity index (χ4n) is 1.35. The van der Waals surface area contributed by atoms with E-state index in [0.29, 0.717) is 0 Å². The monoisotopic (exact) mass is 283 g/mol. The lowest BCUT2D eigenvalue weighted by molar-refractivity contribution is 1.01. The third-order valence-corrected chi connectivity index (χ3v) is 4.99. The topological polar surface area (TPSA) is 55.1 Å². The number of nitrogens with zero attached hydrogens (tertiary/aromatic N) is 4. The van der Waals surface area contributed by atoms with Crippen LogP contribution in [0.3, 0.4) is 0 Å². The molecular formula is C9H9N5S3. The van der Waals surface area contributed by atoms with E-state index in [1.54, 1.807) is 34.4 Å². The molecule has 0 saturated carbocycles. The van der Waals surface area contributed by atoms with Crippen LogP contribution in [0.15, 0.2) is 22.1 Å². The normalized spacial score (nSPS) is 11.1. The Balaban J connectivity index is 1.69. The minimum absolute atomic E-state index is 0.826. The Bertz CT molecular complexity index is 597. The highest BCUT2D eigenvalue weighted by molar-refractivity contribution is 8.00. The summed E-state index contributed by atoms with van der Waals surface area (Å²) in [6, 6.07) is 0. The molecule has 1 N–H and O–H groups in total. The van der Waals surface area contributed by atoms with Gasteiger partial charge in [0.05, 0.1) is 5.69 Å². The molecule has 17 heavy (non-hydrogen) atoms. The molecule has 0 amide bonds. The number of hydrogen-bond donors (Lipinski definition) is 1. The maximum atomic E-state index is 4.52. The third kappa shape index (κ3) is 2.28. The van der Waals surface area contributed by atoms with Crippen LogP contribution >= 0.6 is 34.4 Å². The zero-order chi connectivity index (χ0) is 11.7. The van der Waals surface area contributed by atoms with Gasteiger partial charge in [-0.1, -0.05) is 23.1 Å². The number of anilines is 1. The fourth-order valence-corrected chi connectivity index (χ4v) is 3.66. The number of aromatic nitrogens is 4. The molecule has 0 unspecified atom stereocenters. The second kappa shape index (κ2) is 4.63. The van der Waals surface area contributed by atoms with E-state index in [-0.39, 0.29) is 0 Å². The quantitative estimate of drug-likeness (QED) is 0.746. The van der Waals surface area contributed by atoms with E-state index in [9.17, 15) is 0 Å². The number of thioether (sulfide) groups is 1. The van der Waals surface area contributed by atoms with Crippen molar-refractivity contribution in [3.63, 3.8) is 0 Å². The molecule has 0 aliphatic heterocycles. The van der Waals surface area contributed by atoms with E-state index in [4.69, 9.17) is 0 Å². The predicted octanol–water partition coefficient (Wildman–Crippen LogP) is 2.58. The molecule has 0 atom stereocenters. The Kier molecular flexibility index (Phi) is 3.00. The van der Waals surface area contributed by atoms with Crippen molar-refractivity contribution in [2.45, 2.75) is 10.1 Å². The predicted molar refractivity (Wildman–Crippen MR) is 72.1 cm³/mol. The Labute approximate surface area is 110 Å². The molecule has 0 radical (unpaired) electrons. The van der Waals surface area contributed by atoms with Crippen molar-refractivity contribution in [3.8, 4) is 0 Å². The molecule has 0 bridgehead atoms. The zero-order valence-corrected chi connectivity index (χ0v) is 11.4. The number of hydrogen-bond acceptors (Lipinski definition) is 7. The van der Waals surface area contributed by atoms with Crippen LogP contribution in [-0.4, -0.2) is 26.6 Å². The third-order valence-electron chi connectivity index (χ3n) is 2.11. The first kappa shape index (κ1) is 11.0. The summed E-state index contributed by atoms with van der Waals surface area (Å²) in [7, 11) is 1.85. The second-order valence-electron chi connectivity index (χ2n) is 3.24. The standard InChI is InChI=1S/C9H9N5S3/c1-10-7-12-13-9(17-7)16-5-6-4-14-2-3-15-8(14)11-6/h2-4H,5H2,1H3,(H,10,12). The van der Waals surface area contributed by atoms with Gasteiger partial charge in [-0.25, -0.2) is 4.98 Å². The van der Waals surface area contributed by atoms with E-state index < -0.39 is 0 Å². The lowest BCUT2D eigenvalue weighted by atomic mass is 10.6. The van der Waals surface area contributed by atoms with Gasteiger partial charge < -0.3 is 5.32 Å². The summed E-state index contributed by atoms with van der Waals surface area (Å²) in [5.74, 6) is 0.826. The molecule has 0 aromatic carbocycles. The van der Waals surface area contributed by atoms with Crippen LogP contribution in [0.5, 0.6) is 0 Å². The van der Waals surface area contributed by atoms with Crippen molar-refractivity contribution in [1.82, 2.24) is 19.6 Å². The van der Waals surface area contributed by atoms with E-state index in [2.05, 4.69) is 26.7 Å². The van der Waals surface area contributed by atoms with Crippen LogP contribution in [0, 0.1) is 0 Å². The lowest BCUT2D eigenvalue weighted by Gasteiger charge is -1.91. The van der Waals surface area contributed by atoms with E-state index in [1.165, 1.54) is 0 Å². The highest BCUT2D eigenvalue weighted by atomic mass is 32.2. The Morgan fingerprint density at radius 2 is 2.41 bits per heavy atom. The average Bonchev–Trinajstić information content (AvgIpc) is 3.01. The van der Waals surface area contributed by atoms with Crippen molar-refractivity contribution in [3.05, 3.63) is 23.5 Å². The van der Waals surface area contributed by atoms with Crippen LogP contribution in [0.25, 0.3) is 4.96 Å². The number of thiazole rings is 1. The van der Waals surface area contributed by atoms with Crippen LogP contribution in [0.4, 0.5) is 5.13 Å². The van der Waals surface area contributed by atoms with Gasteiger partial charge in [-0.05, 0) is 0 Å². The van der Waals surface area contributed by atoms with Crippen molar-refractivity contribution in [1.29, 1.82) is 0 Å². The molecule has 0 aliphatic rings. The molecule has 8 heteroatoms. The van der Waals surface area contributed by atoms with Gasteiger partial charge in [0.2, 0.25) is 5.13 Å². The minimum atomic E-state index is 0.826. The van der Waals surface area contributed by atoms with Gasteiger partial charge in [0.15, 0.2) is 9.30 Å². The summed E-state index contributed by atoms with van der Waals surface area (Å²) in [5.41, 5.74) is 1.07. The molecule has 88 valence electrons. The minimum Gasteiger partial charge on any atom is -0.363 e. The van der Waals surface area contributed by atoms with Crippen LogP contribution in [-0.2, 0) is 5.75 Å². The maximum absolute atomic E-state index is 4.52. The van der Waals surface area contributed by atoms with Crippen LogP contribution < -0.4 is 5.32 Å². The zero-order valence-electron chi connectivity index (χ0n) is 8.95. The van der Waals surface area contributed by atoms with Gasteiger partial charge in [-0.15, -0.1) is 21.5 Å². The van der Waals surface area contributed by atoms with E-state index >= 15 is 0 Å². The smallest absolute Gasteiger partial charge is 0.206 e. The van der Waals surface area contributed by atoms with Gasteiger partial charge in [0.1, 0.15) is 0 Å². The summed E-state index contributed by atoms with van der Waals surface area (Å²) in [6.07, 6.45) is 4.07. The summed E-state index contributed by atoms with van der Waals surface area (Å²) >= 11 is 4.87. The van der Waals surface area contributed by atoms with Crippen molar-refractivity contribution < 1.29 is 0 Å². The van der Waals surface area contributed by atoms with Crippen LogP contribution in [0.2, 0.25) is 0 Å². The first-order valence-corrected chi connectivity index (χ1v) is 7.58. The first-order chi connectivity index (χ1) is 8.35. The van der Waals surface area contributed by atoms with Crippen molar-refractivity contribution in [2.24, 2.45) is 0 Å². The average molecular weight is 283 g/mol. The van der Waals surface area contributed by atoms with E-state index in [0.717, 1.165) is 25.9 Å². The van der Waals surface area contributed by atoms with E-state index in [1.807, 2.05) is 23.0 Å². The van der Waals surface area contributed by atoms with Gasteiger partial charge in [-0.3, -0.25) is 4.40 Å². The number of rotatable bonds is 4. The largest absolute Gasteiger partial charge is 0.363 e. The summed E-state index contributed by atoms with van der Waals surface area (Å²) < 4.78 is 3.00. The summed E-state index contributed by atoms with van der Waals surface area (Å²) in [6.45, 7) is 0. The number of fused-ring (bicyclic) bond motifs is 1.